The lowest BCUT2D eigenvalue weighted by atomic mass is 10.4. The molecule has 0 atom stereocenters. The van der Waals surface area contributed by atoms with Crippen molar-refractivity contribution < 1.29 is 13.2 Å². The number of nitrogens with one attached hydrogen (secondary N) is 2. The van der Waals surface area contributed by atoms with E-state index in [2.05, 4.69) is 10.0 Å². The highest BCUT2D eigenvalue weighted by atomic mass is 32.2. The van der Waals surface area contributed by atoms with Gasteiger partial charge in [-0.1, -0.05) is 0 Å². The molecule has 0 radical (unpaired) electrons. The Labute approximate surface area is 115 Å². The maximum absolute atomic E-state index is 12.0. The molecule has 19 heavy (non-hydrogen) atoms. The molecule has 2 N–H and O–H groups in total. The predicted octanol–water partition coefficient (Wildman–Crippen LogP) is 0.448. The van der Waals surface area contributed by atoms with Crippen LogP contribution < -0.4 is 10.0 Å². The summed E-state index contributed by atoms with van der Waals surface area (Å²) >= 11 is 0. The number of hydrogen-bond donors (Lipinski definition) is 2. The zero-order valence-electron chi connectivity index (χ0n) is 11.9. The first-order valence-corrected chi connectivity index (χ1v) is 7.76. The summed E-state index contributed by atoms with van der Waals surface area (Å²) in [6, 6.07) is 1.67. The number of ether oxygens (including phenoxy) is 1. The topological polar surface area (TPSA) is 72.4 Å². The van der Waals surface area contributed by atoms with Crippen LogP contribution in [0.1, 0.15) is 19.5 Å². The summed E-state index contributed by atoms with van der Waals surface area (Å²) in [5.74, 6) is 0. The Balaban J connectivity index is 2.64. The van der Waals surface area contributed by atoms with Gasteiger partial charge in [-0.25, -0.2) is 13.1 Å². The van der Waals surface area contributed by atoms with Gasteiger partial charge in [0, 0.05) is 32.0 Å². The third-order valence-corrected chi connectivity index (χ3v) is 4.02. The van der Waals surface area contributed by atoms with Crippen molar-refractivity contribution in [3.8, 4) is 0 Å². The van der Waals surface area contributed by atoms with Crippen LogP contribution in [0, 0.1) is 0 Å². The van der Waals surface area contributed by atoms with Crippen LogP contribution in [0.4, 0.5) is 0 Å². The van der Waals surface area contributed by atoms with Crippen molar-refractivity contribution in [2.75, 3.05) is 20.2 Å². The Morgan fingerprint density at radius 2 is 2.11 bits per heavy atom. The molecular weight excluding hydrogens is 266 g/mol. The fraction of sp³-hybridized carbons (Fsp3) is 0.667. The number of hydrogen-bond acceptors (Lipinski definition) is 4. The summed E-state index contributed by atoms with van der Waals surface area (Å²) in [6.45, 7) is 5.10. The van der Waals surface area contributed by atoms with Crippen molar-refractivity contribution in [3.63, 3.8) is 0 Å². The molecule has 0 aliphatic heterocycles. The van der Waals surface area contributed by atoms with E-state index in [0.29, 0.717) is 13.2 Å². The normalized spacial score (nSPS) is 12.3. The molecule has 1 heterocycles. The smallest absolute Gasteiger partial charge is 0.242 e. The van der Waals surface area contributed by atoms with Crippen LogP contribution in [-0.4, -0.2) is 39.3 Å². The van der Waals surface area contributed by atoms with Gasteiger partial charge < -0.3 is 14.6 Å². The molecule has 0 fully saturated rings. The molecule has 6 nitrogen and oxygen atoms in total. The standard InChI is InChI=1S/C12H23N3O3S/c1-10(2)18-6-5-14-19(16,17)12-7-11(8-13-3)15(4)9-12/h7,9-10,13-14H,5-6,8H2,1-4H3. The molecule has 0 amide bonds. The van der Waals surface area contributed by atoms with Crippen LogP contribution >= 0.6 is 0 Å². The lowest BCUT2D eigenvalue weighted by Crippen LogP contribution is -2.28. The number of aromatic nitrogens is 1. The number of rotatable bonds is 8. The Morgan fingerprint density at radius 1 is 1.42 bits per heavy atom. The van der Waals surface area contributed by atoms with E-state index in [1.165, 1.54) is 0 Å². The Morgan fingerprint density at radius 3 is 2.68 bits per heavy atom. The summed E-state index contributed by atoms with van der Waals surface area (Å²) in [7, 11) is 0.192. The molecule has 0 aliphatic rings. The van der Waals surface area contributed by atoms with Gasteiger partial charge in [-0.3, -0.25) is 0 Å². The lowest BCUT2D eigenvalue weighted by molar-refractivity contribution is 0.0834. The van der Waals surface area contributed by atoms with Crippen LogP contribution in [0.25, 0.3) is 0 Å². The molecule has 110 valence electrons. The zero-order valence-corrected chi connectivity index (χ0v) is 12.8. The van der Waals surface area contributed by atoms with Crippen molar-refractivity contribution in [2.24, 2.45) is 7.05 Å². The van der Waals surface area contributed by atoms with Crippen LogP contribution in [0.15, 0.2) is 17.2 Å². The summed E-state index contributed by atoms with van der Waals surface area (Å²) in [5.41, 5.74) is 0.918. The highest BCUT2D eigenvalue weighted by molar-refractivity contribution is 7.89. The molecule has 1 rings (SSSR count). The molecule has 1 aromatic rings. The maximum Gasteiger partial charge on any atom is 0.242 e. The molecule has 0 spiro atoms. The van der Waals surface area contributed by atoms with Gasteiger partial charge in [0.15, 0.2) is 0 Å². The second-order valence-electron chi connectivity index (χ2n) is 4.63. The summed E-state index contributed by atoms with van der Waals surface area (Å²) in [5, 5.41) is 3.00. The Hall–Kier alpha value is -0.890. The highest BCUT2D eigenvalue weighted by Crippen LogP contribution is 2.13. The van der Waals surface area contributed by atoms with Gasteiger partial charge >= 0.3 is 0 Å². The summed E-state index contributed by atoms with van der Waals surface area (Å²) in [6.07, 6.45) is 1.71. The van der Waals surface area contributed by atoms with E-state index in [4.69, 9.17) is 4.74 Å². The molecule has 1 aromatic heterocycles. The van der Waals surface area contributed by atoms with Gasteiger partial charge in [0.05, 0.1) is 17.6 Å². The number of sulfonamides is 1. The second kappa shape index (κ2) is 7.04. The van der Waals surface area contributed by atoms with Gasteiger partial charge in [0.25, 0.3) is 0 Å². The van der Waals surface area contributed by atoms with E-state index < -0.39 is 10.0 Å². The maximum atomic E-state index is 12.0. The molecule has 0 aromatic carbocycles. The van der Waals surface area contributed by atoms with Crippen LogP contribution in [-0.2, 0) is 28.4 Å². The second-order valence-corrected chi connectivity index (χ2v) is 6.39. The molecule has 0 aliphatic carbocycles. The molecule has 0 saturated heterocycles. The average molecular weight is 289 g/mol. The largest absolute Gasteiger partial charge is 0.377 e. The van der Waals surface area contributed by atoms with E-state index in [1.807, 2.05) is 27.9 Å². The van der Waals surface area contributed by atoms with E-state index in [9.17, 15) is 8.42 Å². The first-order chi connectivity index (χ1) is 8.86. The minimum atomic E-state index is -3.46. The van der Waals surface area contributed by atoms with Gasteiger partial charge in [-0.15, -0.1) is 0 Å². The van der Waals surface area contributed by atoms with E-state index in [0.717, 1.165) is 5.69 Å². The van der Waals surface area contributed by atoms with Crippen LogP contribution in [0.5, 0.6) is 0 Å². The van der Waals surface area contributed by atoms with Crippen LogP contribution in [0.3, 0.4) is 0 Å². The van der Waals surface area contributed by atoms with E-state index in [-0.39, 0.29) is 17.5 Å². The van der Waals surface area contributed by atoms with E-state index >= 15 is 0 Å². The first kappa shape index (κ1) is 16.2. The van der Waals surface area contributed by atoms with Crippen molar-refractivity contribution in [1.29, 1.82) is 0 Å². The monoisotopic (exact) mass is 289 g/mol. The SMILES string of the molecule is CNCc1cc(S(=O)(=O)NCCOC(C)C)cn1C. The van der Waals surface area contributed by atoms with Gasteiger partial charge in [0.2, 0.25) is 10.0 Å². The third kappa shape index (κ3) is 4.94. The lowest BCUT2D eigenvalue weighted by Gasteiger charge is -2.08. The molecule has 7 heteroatoms. The predicted molar refractivity (Wildman–Crippen MR) is 74.5 cm³/mol. The average Bonchev–Trinajstić information content (AvgIpc) is 2.68. The van der Waals surface area contributed by atoms with Crippen molar-refractivity contribution in [1.82, 2.24) is 14.6 Å². The van der Waals surface area contributed by atoms with Crippen LogP contribution in [0.2, 0.25) is 0 Å². The van der Waals surface area contributed by atoms with Gasteiger partial charge in [-0.05, 0) is 27.0 Å². The van der Waals surface area contributed by atoms with E-state index in [1.54, 1.807) is 16.8 Å². The minimum Gasteiger partial charge on any atom is -0.377 e. The summed E-state index contributed by atoms with van der Waals surface area (Å²) < 4.78 is 33.7. The third-order valence-electron chi connectivity index (χ3n) is 2.60. The zero-order chi connectivity index (χ0) is 14.5. The van der Waals surface area contributed by atoms with Crippen molar-refractivity contribution in [2.45, 2.75) is 31.4 Å². The highest BCUT2D eigenvalue weighted by Gasteiger charge is 2.16. The Kier molecular flexibility index (Phi) is 5.99. The number of aryl methyl sites for hydroxylation is 1. The Bertz CT molecular complexity index is 494. The quantitative estimate of drug-likeness (QED) is 0.682. The van der Waals surface area contributed by atoms with Crippen molar-refractivity contribution >= 4 is 10.0 Å². The van der Waals surface area contributed by atoms with Gasteiger partial charge in [-0.2, -0.15) is 0 Å². The molecular formula is C12H23N3O3S. The first-order valence-electron chi connectivity index (χ1n) is 6.28. The van der Waals surface area contributed by atoms with Crippen molar-refractivity contribution in [3.05, 3.63) is 18.0 Å². The van der Waals surface area contributed by atoms with Gasteiger partial charge in [0.1, 0.15) is 0 Å². The molecule has 0 saturated carbocycles. The fourth-order valence-corrected chi connectivity index (χ4v) is 2.74. The summed E-state index contributed by atoms with van der Waals surface area (Å²) in [4.78, 5) is 0.282. The number of nitrogens with zero attached hydrogens (tertiary/aromatic N) is 1. The fourth-order valence-electron chi connectivity index (χ4n) is 1.63. The molecule has 0 unspecified atom stereocenters. The minimum absolute atomic E-state index is 0.100. The molecule has 0 bridgehead atoms.